The topological polar surface area (TPSA) is 46.2 Å². The van der Waals surface area contributed by atoms with E-state index in [9.17, 15) is 8.42 Å². The zero-order chi connectivity index (χ0) is 22.3. The minimum atomic E-state index is -3.47. The van der Waals surface area contributed by atoms with Gasteiger partial charge in [-0.15, -0.1) is 11.3 Å². The van der Waals surface area contributed by atoms with E-state index in [0.29, 0.717) is 15.1 Å². The van der Waals surface area contributed by atoms with Crippen LogP contribution < -0.4 is 4.72 Å². The predicted octanol–water partition coefficient (Wildman–Crippen LogP) is 7.57. The van der Waals surface area contributed by atoms with Gasteiger partial charge in [0, 0.05) is 37.5 Å². The van der Waals surface area contributed by atoms with Crippen LogP contribution in [0.4, 0.5) is 0 Å². The number of rotatable bonds is 5. The Kier molecular flexibility index (Phi) is 6.93. The summed E-state index contributed by atoms with van der Waals surface area (Å²) in [6, 6.07) is 13.0. The summed E-state index contributed by atoms with van der Waals surface area (Å²) in [4.78, 5) is 1.88. The van der Waals surface area contributed by atoms with E-state index in [-0.39, 0.29) is 6.54 Å². The average Bonchev–Trinajstić information content (AvgIpc) is 2.96. The van der Waals surface area contributed by atoms with Crippen molar-refractivity contribution in [2.75, 3.05) is 0 Å². The van der Waals surface area contributed by atoms with E-state index in [0.717, 1.165) is 32.0 Å². The van der Waals surface area contributed by atoms with Gasteiger partial charge in [0.2, 0.25) is 10.0 Å². The first-order valence-electron chi connectivity index (χ1n) is 9.23. The second-order valence-electron chi connectivity index (χ2n) is 7.92. The highest BCUT2D eigenvalue weighted by Gasteiger charge is 2.29. The quantitative estimate of drug-likeness (QED) is 0.391. The number of hydrogen-bond donors (Lipinski definition) is 1. The maximum Gasteiger partial charge on any atom is 0.216 e. The average molecular weight is 503 g/mol. The molecule has 30 heavy (non-hydrogen) atoms. The van der Waals surface area contributed by atoms with Crippen LogP contribution >= 0.6 is 46.1 Å². The normalized spacial score (nSPS) is 12.4. The fourth-order valence-electron chi connectivity index (χ4n) is 2.93. The van der Waals surface area contributed by atoms with Gasteiger partial charge in [-0.05, 0) is 63.1 Å². The molecule has 3 nitrogen and oxygen atoms in total. The molecule has 0 aliphatic rings. The molecule has 0 radical (unpaired) electrons. The van der Waals surface area contributed by atoms with Crippen LogP contribution in [-0.4, -0.2) is 13.2 Å². The molecule has 0 saturated carbocycles. The third-order valence-electron chi connectivity index (χ3n) is 4.78. The van der Waals surface area contributed by atoms with E-state index in [1.54, 1.807) is 32.9 Å². The van der Waals surface area contributed by atoms with Crippen molar-refractivity contribution < 1.29 is 8.42 Å². The molecular formula is C22H22Cl3NO2S2. The predicted molar refractivity (Wildman–Crippen MR) is 130 cm³/mol. The number of sulfonamides is 1. The molecule has 160 valence electrons. The Balaban J connectivity index is 2.13. The first kappa shape index (κ1) is 23.6. The monoisotopic (exact) mass is 501 g/mol. The molecular weight excluding hydrogens is 481 g/mol. The van der Waals surface area contributed by atoms with Crippen molar-refractivity contribution in [2.45, 2.75) is 39.0 Å². The van der Waals surface area contributed by atoms with Gasteiger partial charge in [0.1, 0.15) is 0 Å². The summed E-state index contributed by atoms with van der Waals surface area (Å²) in [6.07, 6.45) is 0. The molecule has 0 bridgehead atoms. The fourth-order valence-corrected chi connectivity index (χ4v) is 5.78. The highest BCUT2D eigenvalue weighted by Crippen LogP contribution is 2.45. The Morgan fingerprint density at radius 2 is 1.57 bits per heavy atom. The molecule has 2 aromatic carbocycles. The minimum Gasteiger partial charge on any atom is -0.212 e. The number of hydrogen-bond acceptors (Lipinski definition) is 3. The summed E-state index contributed by atoms with van der Waals surface area (Å²) >= 11 is 20.2. The summed E-state index contributed by atoms with van der Waals surface area (Å²) < 4.78 is 26.9. The van der Waals surface area contributed by atoms with Crippen molar-refractivity contribution in [3.8, 4) is 21.6 Å². The third-order valence-corrected chi connectivity index (χ3v) is 9.04. The molecule has 0 unspecified atom stereocenters. The Labute approximate surface area is 197 Å². The van der Waals surface area contributed by atoms with E-state index in [4.69, 9.17) is 34.8 Å². The van der Waals surface area contributed by atoms with Crippen molar-refractivity contribution in [3.63, 3.8) is 0 Å². The van der Waals surface area contributed by atoms with Gasteiger partial charge < -0.3 is 0 Å². The second-order valence-corrected chi connectivity index (χ2v) is 12.8. The second kappa shape index (κ2) is 8.81. The summed E-state index contributed by atoms with van der Waals surface area (Å²) in [5, 5.41) is 1.75. The highest BCUT2D eigenvalue weighted by atomic mass is 35.5. The van der Waals surface area contributed by atoms with Crippen LogP contribution in [0.3, 0.4) is 0 Å². The lowest BCUT2D eigenvalue weighted by Crippen LogP contribution is -2.38. The van der Waals surface area contributed by atoms with Gasteiger partial charge in [-0.2, -0.15) is 0 Å². The van der Waals surface area contributed by atoms with Gasteiger partial charge in [-0.25, -0.2) is 13.1 Å². The van der Waals surface area contributed by atoms with Crippen LogP contribution in [0.5, 0.6) is 0 Å². The maximum atomic E-state index is 12.5. The number of benzene rings is 2. The van der Waals surface area contributed by atoms with Crippen LogP contribution in [0, 0.1) is 6.92 Å². The third kappa shape index (κ3) is 4.87. The molecule has 0 fully saturated rings. The van der Waals surface area contributed by atoms with Crippen LogP contribution in [0.1, 0.15) is 31.2 Å². The molecule has 0 atom stereocenters. The van der Waals surface area contributed by atoms with Crippen molar-refractivity contribution in [2.24, 2.45) is 0 Å². The number of thiophene rings is 1. The lowest BCUT2D eigenvalue weighted by Gasteiger charge is -2.19. The van der Waals surface area contributed by atoms with E-state index < -0.39 is 14.8 Å². The first-order valence-corrected chi connectivity index (χ1v) is 12.7. The standard InChI is InChI=1S/C22H22Cl3NO2S2/c1-13-19(12-26-30(27,28)22(2,3)4)29-21(17-10-9-16(24)11-18(17)25)20(13)14-5-7-15(23)8-6-14/h5-11,26H,12H2,1-4H3. The molecule has 1 N–H and O–H groups in total. The van der Waals surface area contributed by atoms with Gasteiger partial charge in [0.25, 0.3) is 0 Å². The summed E-state index contributed by atoms with van der Waals surface area (Å²) in [7, 11) is -3.47. The Morgan fingerprint density at radius 3 is 2.13 bits per heavy atom. The Morgan fingerprint density at radius 1 is 0.967 bits per heavy atom. The summed E-state index contributed by atoms with van der Waals surface area (Å²) in [6.45, 7) is 7.23. The van der Waals surface area contributed by atoms with Gasteiger partial charge in [0.05, 0.1) is 9.77 Å². The molecule has 8 heteroatoms. The Bertz CT molecular complexity index is 1180. The van der Waals surface area contributed by atoms with Gasteiger partial charge in [-0.1, -0.05) is 53.0 Å². The van der Waals surface area contributed by atoms with Crippen LogP contribution in [0.2, 0.25) is 15.1 Å². The lowest BCUT2D eigenvalue weighted by atomic mass is 9.98. The maximum absolute atomic E-state index is 12.5. The number of halogens is 3. The fraction of sp³-hybridized carbons (Fsp3) is 0.273. The van der Waals surface area contributed by atoms with Crippen LogP contribution in [0.25, 0.3) is 21.6 Å². The van der Waals surface area contributed by atoms with Crippen molar-refractivity contribution in [1.29, 1.82) is 0 Å². The molecule has 1 aromatic heterocycles. The molecule has 3 rings (SSSR count). The Hall–Kier alpha value is -1.08. The van der Waals surface area contributed by atoms with E-state index in [2.05, 4.69) is 4.72 Å². The lowest BCUT2D eigenvalue weighted by molar-refractivity contribution is 0.545. The smallest absolute Gasteiger partial charge is 0.212 e. The van der Waals surface area contributed by atoms with Crippen LogP contribution in [-0.2, 0) is 16.6 Å². The SMILES string of the molecule is Cc1c(CNS(=O)(=O)C(C)(C)C)sc(-c2ccc(Cl)cc2Cl)c1-c1ccc(Cl)cc1. The molecule has 3 aromatic rings. The number of nitrogens with one attached hydrogen (secondary N) is 1. The van der Waals surface area contributed by atoms with Crippen LogP contribution in [0.15, 0.2) is 42.5 Å². The first-order chi connectivity index (χ1) is 13.9. The molecule has 0 amide bonds. The van der Waals surface area contributed by atoms with Crippen molar-refractivity contribution in [3.05, 3.63) is 68.0 Å². The molecule has 0 aliphatic carbocycles. The highest BCUT2D eigenvalue weighted by molar-refractivity contribution is 7.90. The minimum absolute atomic E-state index is 0.210. The largest absolute Gasteiger partial charge is 0.216 e. The van der Waals surface area contributed by atoms with Crippen molar-refractivity contribution in [1.82, 2.24) is 4.72 Å². The van der Waals surface area contributed by atoms with Gasteiger partial charge >= 0.3 is 0 Å². The summed E-state index contributed by atoms with van der Waals surface area (Å²) in [5.74, 6) is 0. The van der Waals surface area contributed by atoms with E-state index in [1.807, 2.05) is 37.3 Å². The molecule has 1 heterocycles. The summed E-state index contributed by atoms with van der Waals surface area (Å²) in [5.41, 5.74) is 3.84. The molecule has 0 saturated heterocycles. The molecule has 0 spiro atoms. The van der Waals surface area contributed by atoms with Crippen molar-refractivity contribution >= 4 is 56.2 Å². The molecule has 0 aliphatic heterocycles. The van der Waals surface area contributed by atoms with E-state index >= 15 is 0 Å². The van der Waals surface area contributed by atoms with E-state index in [1.165, 1.54) is 11.3 Å². The van der Waals surface area contributed by atoms with Gasteiger partial charge in [0.15, 0.2) is 0 Å². The zero-order valence-corrected chi connectivity index (χ0v) is 20.9. The van der Waals surface area contributed by atoms with Gasteiger partial charge in [-0.3, -0.25) is 0 Å². The zero-order valence-electron chi connectivity index (χ0n) is 17.0.